The first kappa shape index (κ1) is 11.3. The van der Waals surface area contributed by atoms with E-state index < -0.39 is 0 Å². The highest BCUT2D eigenvalue weighted by Crippen LogP contribution is 2.17. The van der Waals surface area contributed by atoms with E-state index in [-0.39, 0.29) is 0 Å². The number of hydrogen-bond donors (Lipinski definition) is 1. The van der Waals surface area contributed by atoms with Gasteiger partial charge in [-0.3, -0.25) is 4.90 Å². The molecule has 3 heteroatoms. The minimum Gasteiger partial charge on any atom is -0.399 e. The highest BCUT2D eigenvalue weighted by atomic mass is 15.3. The zero-order valence-corrected chi connectivity index (χ0v) is 10.0. The molecule has 0 aliphatic carbocycles. The Hall–Kier alpha value is -1.22. The summed E-state index contributed by atoms with van der Waals surface area (Å²) in [4.78, 5) is 4.97. The van der Waals surface area contributed by atoms with Crippen molar-refractivity contribution in [3.63, 3.8) is 0 Å². The van der Waals surface area contributed by atoms with E-state index in [9.17, 15) is 0 Å². The van der Waals surface area contributed by atoms with Gasteiger partial charge < -0.3 is 10.6 Å². The summed E-state index contributed by atoms with van der Waals surface area (Å²) >= 11 is 0. The van der Waals surface area contributed by atoms with E-state index in [4.69, 9.17) is 5.73 Å². The van der Waals surface area contributed by atoms with Crippen molar-refractivity contribution in [2.45, 2.75) is 13.3 Å². The van der Waals surface area contributed by atoms with Gasteiger partial charge in [0.25, 0.3) is 0 Å². The number of benzene rings is 1. The van der Waals surface area contributed by atoms with Crippen LogP contribution in [0.4, 0.5) is 11.4 Å². The molecule has 2 N–H and O–H groups in total. The van der Waals surface area contributed by atoms with E-state index >= 15 is 0 Å². The zero-order chi connectivity index (χ0) is 11.4. The monoisotopic (exact) mass is 219 g/mol. The fourth-order valence-corrected chi connectivity index (χ4v) is 2.23. The van der Waals surface area contributed by atoms with Crippen LogP contribution in [0.5, 0.6) is 0 Å². The molecule has 0 amide bonds. The van der Waals surface area contributed by atoms with Gasteiger partial charge in [0, 0.05) is 37.6 Å². The first-order valence-electron chi connectivity index (χ1n) is 6.12. The highest BCUT2D eigenvalue weighted by Gasteiger charge is 2.15. The van der Waals surface area contributed by atoms with Gasteiger partial charge in [0.2, 0.25) is 0 Å². The summed E-state index contributed by atoms with van der Waals surface area (Å²) in [6.07, 6.45) is 1.25. The summed E-state index contributed by atoms with van der Waals surface area (Å²) in [5, 5.41) is 0. The quantitative estimate of drug-likeness (QED) is 0.787. The average molecular weight is 219 g/mol. The van der Waals surface area contributed by atoms with Crippen molar-refractivity contribution in [2.75, 3.05) is 43.4 Å². The van der Waals surface area contributed by atoms with Gasteiger partial charge in [0.15, 0.2) is 0 Å². The molecule has 16 heavy (non-hydrogen) atoms. The van der Waals surface area contributed by atoms with Crippen LogP contribution in [0.15, 0.2) is 24.3 Å². The predicted molar refractivity (Wildman–Crippen MR) is 69.8 cm³/mol. The average Bonchev–Trinajstić information content (AvgIpc) is 2.32. The number of rotatable bonds is 3. The maximum Gasteiger partial charge on any atom is 0.0368 e. The van der Waals surface area contributed by atoms with E-state index in [1.807, 2.05) is 12.1 Å². The Morgan fingerprint density at radius 1 is 1.06 bits per heavy atom. The Kier molecular flexibility index (Phi) is 3.67. The molecule has 1 aromatic rings. The van der Waals surface area contributed by atoms with Gasteiger partial charge in [-0.1, -0.05) is 6.92 Å². The number of nitrogen functional groups attached to an aromatic ring is 1. The van der Waals surface area contributed by atoms with E-state index in [1.165, 1.54) is 31.7 Å². The molecular formula is C13H21N3. The maximum absolute atomic E-state index is 5.69. The predicted octanol–water partition coefficient (Wildman–Crippen LogP) is 1.80. The minimum atomic E-state index is 0.841. The number of nitrogens with zero attached hydrogens (tertiary/aromatic N) is 2. The summed E-state index contributed by atoms with van der Waals surface area (Å²) in [7, 11) is 0. The molecule has 0 aromatic heterocycles. The fraction of sp³-hybridized carbons (Fsp3) is 0.538. The van der Waals surface area contributed by atoms with Gasteiger partial charge in [0.05, 0.1) is 0 Å². The van der Waals surface area contributed by atoms with Crippen molar-refractivity contribution in [2.24, 2.45) is 0 Å². The molecule has 0 spiro atoms. The van der Waals surface area contributed by atoms with Crippen molar-refractivity contribution in [3.05, 3.63) is 24.3 Å². The van der Waals surface area contributed by atoms with Crippen LogP contribution in [0.2, 0.25) is 0 Å². The minimum absolute atomic E-state index is 0.841. The summed E-state index contributed by atoms with van der Waals surface area (Å²) in [5.41, 5.74) is 7.83. The van der Waals surface area contributed by atoms with Crippen LogP contribution >= 0.6 is 0 Å². The number of piperazine rings is 1. The zero-order valence-electron chi connectivity index (χ0n) is 10.0. The molecule has 1 aliphatic rings. The summed E-state index contributed by atoms with van der Waals surface area (Å²) in [6, 6.07) is 8.19. The van der Waals surface area contributed by atoms with Gasteiger partial charge in [-0.25, -0.2) is 0 Å². The van der Waals surface area contributed by atoms with E-state index in [1.54, 1.807) is 0 Å². The third-order valence-corrected chi connectivity index (χ3v) is 3.17. The van der Waals surface area contributed by atoms with Crippen molar-refractivity contribution in [1.82, 2.24) is 4.90 Å². The smallest absolute Gasteiger partial charge is 0.0368 e. The SMILES string of the molecule is CCCN1CCN(c2ccc(N)cc2)CC1. The molecule has 0 radical (unpaired) electrons. The van der Waals surface area contributed by atoms with Crippen LogP contribution in [0.3, 0.4) is 0 Å². The van der Waals surface area contributed by atoms with Crippen LogP contribution in [-0.4, -0.2) is 37.6 Å². The molecule has 1 aromatic carbocycles. The summed E-state index contributed by atoms with van der Waals surface area (Å²) in [6.45, 7) is 8.09. The van der Waals surface area contributed by atoms with Crippen molar-refractivity contribution >= 4 is 11.4 Å². The van der Waals surface area contributed by atoms with Crippen molar-refractivity contribution in [1.29, 1.82) is 0 Å². The van der Waals surface area contributed by atoms with E-state index in [2.05, 4.69) is 28.9 Å². The molecule has 0 unspecified atom stereocenters. The summed E-state index contributed by atoms with van der Waals surface area (Å²) in [5.74, 6) is 0. The Balaban J connectivity index is 1.91. The Labute approximate surface area is 97.8 Å². The molecule has 3 nitrogen and oxygen atoms in total. The van der Waals surface area contributed by atoms with Crippen LogP contribution < -0.4 is 10.6 Å². The molecule has 1 saturated heterocycles. The molecule has 1 fully saturated rings. The van der Waals surface area contributed by atoms with Crippen LogP contribution in [0, 0.1) is 0 Å². The van der Waals surface area contributed by atoms with E-state index in [0.29, 0.717) is 0 Å². The van der Waals surface area contributed by atoms with Crippen molar-refractivity contribution in [3.8, 4) is 0 Å². The third-order valence-electron chi connectivity index (χ3n) is 3.17. The molecule has 0 saturated carbocycles. The molecule has 2 rings (SSSR count). The lowest BCUT2D eigenvalue weighted by Crippen LogP contribution is -2.46. The molecule has 1 aliphatic heterocycles. The summed E-state index contributed by atoms with van der Waals surface area (Å²) < 4.78 is 0. The Morgan fingerprint density at radius 3 is 2.25 bits per heavy atom. The second kappa shape index (κ2) is 5.21. The topological polar surface area (TPSA) is 32.5 Å². The lowest BCUT2D eigenvalue weighted by Gasteiger charge is -2.36. The number of anilines is 2. The number of hydrogen-bond acceptors (Lipinski definition) is 3. The Morgan fingerprint density at radius 2 is 1.69 bits per heavy atom. The van der Waals surface area contributed by atoms with Gasteiger partial charge >= 0.3 is 0 Å². The largest absolute Gasteiger partial charge is 0.399 e. The lowest BCUT2D eigenvalue weighted by molar-refractivity contribution is 0.258. The Bertz CT molecular complexity index is 312. The second-order valence-corrected chi connectivity index (χ2v) is 4.42. The molecule has 1 heterocycles. The standard InChI is InChI=1S/C13H21N3/c1-2-7-15-8-10-16(11-9-15)13-5-3-12(14)4-6-13/h3-6H,2,7-11,14H2,1H3. The van der Waals surface area contributed by atoms with E-state index in [0.717, 1.165) is 18.8 Å². The normalized spacial score (nSPS) is 17.7. The fourth-order valence-electron chi connectivity index (χ4n) is 2.23. The first-order valence-corrected chi connectivity index (χ1v) is 6.12. The van der Waals surface area contributed by atoms with Gasteiger partial charge in [0.1, 0.15) is 0 Å². The number of nitrogens with two attached hydrogens (primary N) is 1. The van der Waals surface area contributed by atoms with Gasteiger partial charge in [-0.05, 0) is 37.2 Å². The molecule has 0 bridgehead atoms. The van der Waals surface area contributed by atoms with Crippen LogP contribution in [-0.2, 0) is 0 Å². The molecular weight excluding hydrogens is 198 g/mol. The van der Waals surface area contributed by atoms with Crippen LogP contribution in [0.25, 0.3) is 0 Å². The third kappa shape index (κ3) is 2.67. The maximum atomic E-state index is 5.69. The van der Waals surface area contributed by atoms with Gasteiger partial charge in [-0.2, -0.15) is 0 Å². The lowest BCUT2D eigenvalue weighted by atomic mass is 10.2. The first-order chi connectivity index (χ1) is 7.79. The molecule has 88 valence electrons. The highest BCUT2D eigenvalue weighted by molar-refractivity contribution is 5.53. The van der Waals surface area contributed by atoms with Gasteiger partial charge in [-0.15, -0.1) is 0 Å². The second-order valence-electron chi connectivity index (χ2n) is 4.42. The molecule has 0 atom stereocenters. The van der Waals surface area contributed by atoms with Crippen molar-refractivity contribution < 1.29 is 0 Å². The van der Waals surface area contributed by atoms with Crippen LogP contribution in [0.1, 0.15) is 13.3 Å².